The van der Waals surface area contributed by atoms with Crippen molar-refractivity contribution in [3.05, 3.63) is 12.2 Å². The minimum atomic E-state index is -5.76. The third kappa shape index (κ3) is 3.74. The summed E-state index contributed by atoms with van der Waals surface area (Å²) in [6, 6.07) is 0. The van der Waals surface area contributed by atoms with Gasteiger partial charge in [0.2, 0.25) is 0 Å². The molecule has 4 nitrogen and oxygen atoms in total. The Morgan fingerprint density at radius 3 is 1.93 bits per heavy atom. The van der Waals surface area contributed by atoms with Gasteiger partial charge in [-0.25, -0.2) is 4.79 Å². The molecule has 158 valence electrons. The van der Waals surface area contributed by atoms with Crippen LogP contribution in [-0.4, -0.2) is 36.0 Å². The first-order valence-corrected chi connectivity index (χ1v) is 8.89. The van der Waals surface area contributed by atoms with Crippen LogP contribution in [0.5, 0.6) is 0 Å². The number of hydrogen-bond donors (Lipinski definition) is 0. The maximum absolute atomic E-state index is 12.8. The summed E-state index contributed by atoms with van der Waals surface area (Å²) in [4.78, 5) is 24.6. The van der Waals surface area contributed by atoms with E-state index in [4.69, 9.17) is 4.74 Å². The second kappa shape index (κ2) is 6.38. The minimum Gasteiger partial charge on any atom is -0.456 e. The van der Waals surface area contributed by atoms with Crippen LogP contribution in [0.2, 0.25) is 0 Å². The average molecular weight is 414 g/mol. The first-order valence-electron chi connectivity index (χ1n) is 8.89. The second-order valence-electron chi connectivity index (χ2n) is 8.46. The van der Waals surface area contributed by atoms with Gasteiger partial charge in [-0.3, -0.25) is 4.79 Å². The molecule has 0 heterocycles. The van der Waals surface area contributed by atoms with Gasteiger partial charge in [0, 0.05) is 12.0 Å². The predicted molar refractivity (Wildman–Crippen MR) is 82.7 cm³/mol. The highest BCUT2D eigenvalue weighted by Gasteiger charge is 2.66. The summed E-state index contributed by atoms with van der Waals surface area (Å²) >= 11 is 0. The zero-order chi connectivity index (χ0) is 21.1. The van der Waals surface area contributed by atoms with Crippen LogP contribution in [0, 0.1) is 17.3 Å². The lowest BCUT2D eigenvalue weighted by atomic mass is 9.48. The van der Waals surface area contributed by atoms with E-state index in [1.807, 2.05) is 0 Å². The molecule has 2 unspecified atom stereocenters. The number of carbonyl (C=O) groups is 2. The van der Waals surface area contributed by atoms with E-state index in [9.17, 15) is 35.9 Å². The third-order valence-corrected chi connectivity index (χ3v) is 5.92. The standard InChI is InChI=1S/C18H20F6O4/c1-9(2)12(25)28-16-6-10-3-11(7-16)5-15(4-10,8-16)14(26)27-13(17(19,20)21)18(22,23)24/h10-11,13H,1,3-8H2,2H3. The molecule has 0 radical (unpaired) electrons. The van der Waals surface area contributed by atoms with Crippen LogP contribution in [0.15, 0.2) is 12.2 Å². The number of ether oxygens (including phenoxy) is 2. The van der Waals surface area contributed by atoms with E-state index in [1.165, 1.54) is 6.92 Å². The second-order valence-corrected chi connectivity index (χ2v) is 8.46. The van der Waals surface area contributed by atoms with Crippen molar-refractivity contribution in [1.29, 1.82) is 0 Å². The lowest BCUT2D eigenvalue weighted by Gasteiger charge is -2.59. The summed E-state index contributed by atoms with van der Waals surface area (Å²) in [5, 5.41) is 0. The Labute approximate surface area is 157 Å². The van der Waals surface area contributed by atoms with Gasteiger partial charge in [0.15, 0.2) is 0 Å². The van der Waals surface area contributed by atoms with E-state index in [1.54, 1.807) is 0 Å². The van der Waals surface area contributed by atoms with E-state index in [0.29, 0.717) is 19.3 Å². The molecule has 0 aliphatic heterocycles. The maximum Gasteiger partial charge on any atom is 0.434 e. The molecule has 10 heteroatoms. The van der Waals surface area contributed by atoms with Crippen molar-refractivity contribution >= 4 is 11.9 Å². The molecule has 4 bridgehead atoms. The van der Waals surface area contributed by atoms with Gasteiger partial charge in [-0.1, -0.05) is 6.58 Å². The van der Waals surface area contributed by atoms with Crippen molar-refractivity contribution in [2.45, 2.75) is 69.5 Å². The zero-order valence-corrected chi connectivity index (χ0v) is 15.1. The predicted octanol–water partition coefficient (Wildman–Crippen LogP) is 4.48. The monoisotopic (exact) mass is 414 g/mol. The van der Waals surface area contributed by atoms with Crippen LogP contribution in [0.3, 0.4) is 0 Å². The molecule has 4 saturated carbocycles. The van der Waals surface area contributed by atoms with Crippen molar-refractivity contribution in [3.8, 4) is 0 Å². The van der Waals surface area contributed by atoms with Crippen molar-refractivity contribution in [3.63, 3.8) is 0 Å². The Morgan fingerprint density at radius 2 is 1.50 bits per heavy atom. The Morgan fingerprint density at radius 1 is 1.00 bits per heavy atom. The minimum absolute atomic E-state index is 0.123. The lowest BCUT2D eigenvalue weighted by Crippen LogP contribution is -2.61. The summed E-state index contributed by atoms with van der Waals surface area (Å²) in [6.45, 7) is 4.92. The highest BCUT2D eigenvalue weighted by Crippen LogP contribution is 2.63. The zero-order valence-electron chi connectivity index (χ0n) is 15.1. The molecule has 4 aliphatic carbocycles. The SMILES string of the molecule is C=C(C)C(=O)OC12CC3CC(C1)CC(C(=O)OC(C(F)(F)F)C(F)(F)F)(C3)C2. The van der Waals surface area contributed by atoms with Gasteiger partial charge in [0.1, 0.15) is 5.60 Å². The summed E-state index contributed by atoms with van der Waals surface area (Å²) in [6.07, 6.45) is -14.0. The molecule has 0 saturated heterocycles. The van der Waals surface area contributed by atoms with Crippen LogP contribution in [-0.2, 0) is 19.1 Å². The molecule has 28 heavy (non-hydrogen) atoms. The fraction of sp³-hybridized carbons (Fsp3) is 0.778. The normalized spacial score (nSPS) is 34.4. The highest BCUT2D eigenvalue weighted by atomic mass is 19.4. The number of hydrogen-bond acceptors (Lipinski definition) is 4. The van der Waals surface area contributed by atoms with Gasteiger partial charge in [0.05, 0.1) is 5.41 Å². The van der Waals surface area contributed by atoms with E-state index < -0.39 is 41.4 Å². The number of esters is 2. The van der Waals surface area contributed by atoms with Crippen LogP contribution in [0.4, 0.5) is 26.3 Å². The van der Waals surface area contributed by atoms with Crippen LogP contribution < -0.4 is 0 Å². The Kier molecular flexibility index (Phi) is 4.78. The maximum atomic E-state index is 12.8. The Hall–Kier alpha value is -1.74. The molecule has 4 fully saturated rings. The van der Waals surface area contributed by atoms with Crippen LogP contribution in [0.1, 0.15) is 45.4 Å². The summed E-state index contributed by atoms with van der Waals surface area (Å²) < 4.78 is 86.4. The smallest absolute Gasteiger partial charge is 0.434 e. The fourth-order valence-electron chi connectivity index (χ4n) is 5.37. The molecular formula is C18H20F6O4. The number of carbonyl (C=O) groups excluding carboxylic acids is 2. The molecule has 0 N–H and O–H groups in total. The molecule has 0 aromatic rings. The molecule has 2 atom stereocenters. The molecule has 4 aliphatic rings. The van der Waals surface area contributed by atoms with Gasteiger partial charge in [0.25, 0.3) is 6.10 Å². The molecular weight excluding hydrogens is 394 g/mol. The number of alkyl halides is 6. The first kappa shape index (κ1) is 21.0. The largest absolute Gasteiger partial charge is 0.456 e. The topological polar surface area (TPSA) is 52.6 Å². The van der Waals surface area contributed by atoms with Gasteiger partial charge >= 0.3 is 24.3 Å². The lowest BCUT2D eigenvalue weighted by molar-refractivity contribution is -0.318. The van der Waals surface area contributed by atoms with Gasteiger partial charge in [-0.05, 0) is 50.9 Å². The summed E-state index contributed by atoms with van der Waals surface area (Å²) in [5.41, 5.74) is -2.46. The fourth-order valence-corrected chi connectivity index (χ4v) is 5.37. The Balaban J connectivity index is 1.86. The van der Waals surface area contributed by atoms with Crippen molar-refractivity contribution in [2.75, 3.05) is 0 Å². The average Bonchev–Trinajstić information content (AvgIpc) is 2.48. The van der Waals surface area contributed by atoms with Crippen molar-refractivity contribution in [2.24, 2.45) is 17.3 Å². The van der Waals surface area contributed by atoms with E-state index in [0.717, 1.165) is 0 Å². The molecule has 4 rings (SSSR count). The van der Waals surface area contributed by atoms with Gasteiger partial charge in [-0.2, -0.15) is 26.3 Å². The number of halogens is 6. The molecule has 0 amide bonds. The molecule has 0 aromatic heterocycles. The first-order chi connectivity index (χ1) is 12.7. The number of rotatable bonds is 4. The van der Waals surface area contributed by atoms with E-state index in [2.05, 4.69) is 11.3 Å². The van der Waals surface area contributed by atoms with Gasteiger partial charge in [-0.15, -0.1) is 0 Å². The van der Waals surface area contributed by atoms with Crippen LogP contribution in [0.25, 0.3) is 0 Å². The summed E-state index contributed by atoms with van der Waals surface area (Å²) in [7, 11) is 0. The Bertz CT molecular complexity index is 667. The van der Waals surface area contributed by atoms with Gasteiger partial charge < -0.3 is 9.47 Å². The van der Waals surface area contributed by atoms with Crippen molar-refractivity contribution in [1.82, 2.24) is 0 Å². The summed E-state index contributed by atoms with van der Waals surface area (Å²) in [5.74, 6) is -2.45. The van der Waals surface area contributed by atoms with Crippen molar-refractivity contribution < 1.29 is 45.4 Å². The third-order valence-electron chi connectivity index (χ3n) is 5.92. The highest BCUT2D eigenvalue weighted by molar-refractivity contribution is 5.87. The molecule has 0 aromatic carbocycles. The van der Waals surface area contributed by atoms with E-state index in [-0.39, 0.29) is 36.7 Å². The van der Waals surface area contributed by atoms with E-state index >= 15 is 0 Å². The molecule has 0 spiro atoms. The van der Waals surface area contributed by atoms with Crippen LogP contribution >= 0.6 is 0 Å². The quantitative estimate of drug-likeness (QED) is 0.387.